The Hall–Kier alpha value is -2.66. The molecule has 1 saturated carbocycles. The Bertz CT molecular complexity index is 939. The van der Waals surface area contributed by atoms with Crippen LogP contribution in [0.15, 0.2) is 54.6 Å². The van der Waals surface area contributed by atoms with E-state index < -0.39 is 0 Å². The highest BCUT2D eigenvalue weighted by Crippen LogP contribution is 2.50. The van der Waals surface area contributed by atoms with Crippen molar-refractivity contribution in [3.05, 3.63) is 71.3 Å². The van der Waals surface area contributed by atoms with E-state index in [4.69, 9.17) is 4.74 Å². The average molecular weight is 433 g/mol. The highest BCUT2D eigenvalue weighted by atomic mass is 16.5. The van der Waals surface area contributed by atoms with Crippen LogP contribution in [0.2, 0.25) is 0 Å². The molecule has 3 aliphatic rings. The number of benzene rings is 2. The lowest BCUT2D eigenvalue weighted by molar-refractivity contribution is -0.135. The van der Waals surface area contributed by atoms with Crippen molar-refractivity contribution in [3.8, 4) is 0 Å². The maximum atomic E-state index is 13.3. The Morgan fingerprint density at radius 3 is 2.12 bits per heavy atom. The molecule has 0 atom stereocenters. The number of amides is 2. The second-order valence-electron chi connectivity index (χ2n) is 9.49. The smallest absolute Gasteiger partial charge is 0.254 e. The lowest BCUT2D eigenvalue weighted by Crippen LogP contribution is -2.44. The standard InChI is InChI=1S/C27H32N2O3/c30-25(28-16-18-32-19-17-28)23-8-6-21(7-9-23)20-22-10-14-29(15-11-22)26(31)27(12-13-27)24-4-2-1-3-5-24/h1-9,22H,10-20H2. The fraction of sp³-hybridized carbons (Fsp3) is 0.481. The molecule has 0 bridgehead atoms. The van der Waals surface area contributed by atoms with Gasteiger partial charge in [-0.2, -0.15) is 0 Å². The van der Waals surface area contributed by atoms with Crippen LogP contribution in [0.25, 0.3) is 0 Å². The van der Waals surface area contributed by atoms with E-state index in [0.29, 0.717) is 38.1 Å². The summed E-state index contributed by atoms with van der Waals surface area (Å²) in [6, 6.07) is 18.4. The monoisotopic (exact) mass is 432 g/mol. The fourth-order valence-corrected chi connectivity index (χ4v) is 5.22. The topological polar surface area (TPSA) is 49.9 Å². The van der Waals surface area contributed by atoms with E-state index in [1.807, 2.05) is 35.2 Å². The first kappa shape index (κ1) is 21.2. The van der Waals surface area contributed by atoms with Gasteiger partial charge in [0, 0.05) is 31.7 Å². The molecule has 0 unspecified atom stereocenters. The van der Waals surface area contributed by atoms with E-state index in [0.717, 1.165) is 50.8 Å². The van der Waals surface area contributed by atoms with Gasteiger partial charge in [0.2, 0.25) is 5.91 Å². The molecular formula is C27H32N2O3. The van der Waals surface area contributed by atoms with E-state index in [1.165, 1.54) is 11.1 Å². The molecule has 1 aliphatic carbocycles. The van der Waals surface area contributed by atoms with E-state index in [-0.39, 0.29) is 11.3 Å². The molecule has 0 N–H and O–H groups in total. The van der Waals surface area contributed by atoms with Gasteiger partial charge in [0.25, 0.3) is 5.91 Å². The van der Waals surface area contributed by atoms with Crippen LogP contribution in [-0.2, 0) is 21.4 Å². The van der Waals surface area contributed by atoms with Crippen LogP contribution in [-0.4, -0.2) is 61.0 Å². The summed E-state index contributed by atoms with van der Waals surface area (Å²) < 4.78 is 5.34. The van der Waals surface area contributed by atoms with Gasteiger partial charge in [0.1, 0.15) is 0 Å². The van der Waals surface area contributed by atoms with Crippen LogP contribution in [0.5, 0.6) is 0 Å². The summed E-state index contributed by atoms with van der Waals surface area (Å²) in [6.07, 6.45) is 5.06. The lowest BCUT2D eigenvalue weighted by Gasteiger charge is -2.34. The summed E-state index contributed by atoms with van der Waals surface area (Å²) in [5, 5.41) is 0. The molecule has 3 fully saturated rings. The summed E-state index contributed by atoms with van der Waals surface area (Å²) in [7, 11) is 0. The molecule has 2 amide bonds. The van der Waals surface area contributed by atoms with Gasteiger partial charge in [-0.1, -0.05) is 42.5 Å². The Morgan fingerprint density at radius 1 is 0.844 bits per heavy atom. The highest BCUT2D eigenvalue weighted by molar-refractivity contribution is 5.94. The SMILES string of the molecule is O=C(c1ccc(CC2CCN(C(=O)C3(c4ccccc4)CC3)CC2)cc1)N1CCOCC1. The Balaban J connectivity index is 1.14. The summed E-state index contributed by atoms with van der Waals surface area (Å²) >= 11 is 0. The highest BCUT2D eigenvalue weighted by Gasteiger charge is 2.53. The molecule has 168 valence electrons. The molecule has 5 nitrogen and oxygen atoms in total. The van der Waals surface area contributed by atoms with Crippen molar-refractivity contribution in [3.63, 3.8) is 0 Å². The third kappa shape index (κ3) is 4.31. The minimum Gasteiger partial charge on any atom is -0.378 e. The summed E-state index contributed by atoms with van der Waals surface area (Å²) in [6.45, 7) is 4.29. The maximum absolute atomic E-state index is 13.3. The third-order valence-corrected chi connectivity index (χ3v) is 7.41. The van der Waals surface area contributed by atoms with Crippen molar-refractivity contribution in [2.75, 3.05) is 39.4 Å². The van der Waals surface area contributed by atoms with Gasteiger partial charge in [0.15, 0.2) is 0 Å². The number of morpholine rings is 1. The molecule has 0 spiro atoms. The summed E-state index contributed by atoms with van der Waals surface area (Å²) in [4.78, 5) is 29.9. The van der Waals surface area contributed by atoms with Gasteiger partial charge in [-0.05, 0) is 61.3 Å². The average Bonchev–Trinajstić information content (AvgIpc) is 3.67. The minimum absolute atomic E-state index is 0.0964. The number of likely N-dealkylation sites (tertiary alicyclic amines) is 1. The maximum Gasteiger partial charge on any atom is 0.254 e. The van der Waals surface area contributed by atoms with Crippen molar-refractivity contribution in [1.29, 1.82) is 0 Å². The first-order valence-corrected chi connectivity index (χ1v) is 12.0. The van der Waals surface area contributed by atoms with Gasteiger partial charge < -0.3 is 14.5 Å². The zero-order valence-electron chi connectivity index (χ0n) is 18.7. The van der Waals surface area contributed by atoms with Crippen molar-refractivity contribution < 1.29 is 14.3 Å². The Labute approximate surface area is 190 Å². The second kappa shape index (κ2) is 9.07. The lowest BCUT2D eigenvalue weighted by atomic mass is 9.88. The number of piperidine rings is 1. The fourth-order valence-electron chi connectivity index (χ4n) is 5.22. The largest absolute Gasteiger partial charge is 0.378 e. The molecule has 2 saturated heterocycles. The first-order valence-electron chi connectivity index (χ1n) is 12.0. The number of ether oxygens (including phenoxy) is 1. The Morgan fingerprint density at radius 2 is 1.50 bits per heavy atom. The molecule has 2 heterocycles. The number of carbonyl (C=O) groups excluding carboxylic acids is 2. The van der Waals surface area contributed by atoms with Crippen LogP contribution in [0, 0.1) is 5.92 Å². The van der Waals surface area contributed by atoms with E-state index in [2.05, 4.69) is 29.2 Å². The summed E-state index contributed by atoms with van der Waals surface area (Å²) in [5.74, 6) is 1.01. The molecule has 32 heavy (non-hydrogen) atoms. The molecule has 0 radical (unpaired) electrons. The van der Waals surface area contributed by atoms with Crippen LogP contribution < -0.4 is 0 Å². The molecule has 0 aromatic heterocycles. The van der Waals surface area contributed by atoms with Gasteiger partial charge in [-0.25, -0.2) is 0 Å². The van der Waals surface area contributed by atoms with Crippen molar-refractivity contribution >= 4 is 11.8 Å². The first-order chi connectivity index (χ1) is 15.7. The van der Waals surface area contributed by atoms with Crippen molar-refractivity contribution in [2.45, 2.75) is 37.5 Å². The van der Waals surface area contributed by atoms with Crippen LogP contribution in [0.4, 0.5) is 0 Å². The molecule has 5 heteroatoms. The predicted molar refractivity (Wildman–Crippen MR) is 124 cm³/mol. The van der Waals surface area contributed by atoms with Gasteiger partial charge >= 0.3 is 0 Å². The number of rotatable bonds is 5. The van der Waals surface area contributed by atoms with Crippen LogP contribution in [0.3, 0.4) is 0 Å². The second-order valence-corrected chi connectivity index (χ2v) is 9.49. The normalized spacial score (nSPS) is 20.8. The van der Waals surface area contributed by atoms with Crippen LogP contribution in [0.1, 0.15) is 47.2 Å². The minimum atomic E-state index is -0.253. The molecule has 2 aromatic rings. The number of carbonyl (C=O) groups is 2. The van der Waals surface area contributed by atoms with E-state index >= 15 is 0 Å². The molecule has 2 aliphatic heterocycles. The van der Waals surface area contributed by atoms with Crippen molar-refractivity contribution in [2.24, 2.45) is 5.92 Å². The predicted octanol–water partition coefficient (Wildman–Crippen LogP) is 3.67. The van der Waals surface area contributed by atoms with Crippen LogP contribution >= 0.6 is 0 Å². The number of hydrogen-bond acceptors (Lipinski definition) is 3. The van der Waals surface area contributed by atoms with E-state index in [1.54, 1.807) is 0 Å². The molecule has 5 rings (SSSR count). The van der Waals surface area contributed by atoms with Gasteiger partial charge in [0.05, 0.1) is 18.6 Å². The summed E-state index contributed by atoms with van der Waals surface area (Å²) in [5.41, 5.74) is 2.96. The molecule has 2 aromatic carbocycles. The third-order valence-electron chi connectivity index (χ3n) is 7.41. The quantitative estimate of drug-likeness (QED) is 0.724. The number of hydrogen-bond donors (Lipinski definition) is 0. The van der Waals surface area contributed by atoms with Gasteiger partial charge in [-0.15, -0.1) is 0 Å². The van der Waals surface area contributed by atoms with Gasteiger partial charge in [-0.3, -0.25) is 9.59 Å². The number of nitrogens with zero attached hydrogens (tertiary/aromatic N) is 2. The zero-order chi connectivity index (χ0) is 22.0. The van der Waals surface area contributed by atoms with Crippen molar-refractivity contribution in [1.82, 2.24) is 9.80 Å². The van der Waals surface area contributed by atoms with E-state index in [9.17, 15) is 9.59 Å². The molecular weight excluding hydrogens is 400 g/mol. The zero-order valence-corrected chi connectivity index (χ0v) is 18.7. The Kier molecular flexibility index (Phi) is 6.01.